The molecule has 0 radical (unpaired) electrons. The van der Waals surface area contributed by atoms with E-state index in [0.29, 0.717) is 19.3 Å². The Morgan fingerprint density at radius 2 is 1.96 bits per heavy atom. The van der Waals surface area contributed by atoms with Crippen molar-refractivity contribution in [2.45, 2.75) is 70.8 Å². The van der Waals surface area contributed by atoms with Crippen LogP contribution < -0.4 is 0 Å². The van der Waals surface area contributed by atoms with Gasteiger partial charge in [-0.05, 0) is 63.5 Å². The van der Waals surface area contributed by atoms with Crippen LogP contribution >= 0.6 is 0 Å². The molecule has 0 aromatic rings. The fourth-order valence-electron chi connectivity index (χ4n) is 7.18. The smallest absolute Gasteiger partial charge is 0.178 e. The zero-order chi connectivity index (χ0) is 20.0. The third kappa shape index (κ3) is 2.00. The van der Waals surface area contributed by atoms with Gasteiger partial charge in [-0.3, -0.25) is 9.59 Å². The predicted octanol–water partition coefficient (Wildman–Crippen LogP) is 2.92. The van der Waals surface area contributed by atoms with Crippen molar-refractivity contribution in [3.05, 3.63) is 23.8 Å². The molecule has 3 saturated carbocycles. The minimum atomic E-state index is -1.92. The molecule has 0 heterocycles. The van der Waals surface area contributed by atoms with Crippen LogP contribution in [0.15, 0.2) is 23.8 Å². The van der Waals surface area contributed by atoms with Crippen LogP contribution in [0.2, 0.25) is 0 Å². The second-order valence-corrected chi connectivity index (χ2v) is 9.75. The number of carbonyl (C=O) groups excluding carboxylic acids is 2. The molecule has 8 atom stereocenters. The molecule has 0 unspecified atom stereocenters. The molecule has 0 aromatic heterocycles. The number of carbonyl (C=O) groups is 2. The van der Waals surface area contributed by atoms with Crippen molar-refractivity contribution in [3.63, 3.8) is 0 Å². The molecule has 3 fully saturated rings. The van der Waals surface area contributed by atoms with E-state index in [-0.39, 0.29) is 29.8 Å². The lowest BCUT2D eigenvalue weighted by molar-refractivity contribution is -0.219. The van der Waals surface area contributed by atoms with Gasteiger partial charge in [0.1, 0.15) is 5.60 Å². The van der Waals surface area contributed by atoms with Crippen LogP contribution in [0.3, 0.4) is 0 Å². The fraction of sp³-hybridized carbons (Fsp3) is 0.727. The number of hydrogen-bond donors (Lipinski definition) is 2. The van der Waals surface area contributed by atoms with E-state index in [4.69, 9.17) is 0 Å². The summed E-state index contributed by atoms with van der Waals surface area (Å²) in [5.74, 6) is -1.11. The first kappa shape index (κ1) is 19.0. The first-order valence-electron chi connectivity index (χ1n) is 9.97. The first-order valence-corrected chi connectivity index (χ1v) is 9.97. The standard InChI is InChI=1S/C22H29FO4/c1-12-9-17-15-6-8-21(27,13(2)24)20(15,4)11-18(26)22(17,23)19(3)7-5-14(25)10-16(12)19/h5,7,10,12,15,17-18,26-27H,6,8-9,11H2,1-4H3/t12-,15+,17+,18-,19-,20+,21+,22+/m0/s1. The summed E-state index contributed by atoms with van der Waals surface area (Å²) in [5, 5.41) is 22.3. The second-order valence-electron chi connectivity index (χ2n) is 9.75. The number of allylic oxidation sites excluding steroid dienone is 4. The van der Waals surface area contributed by atoms with E-state index in [1.807, 2.05) is 13.8 Å². The Morgan fingerprint density at radius 1 is 1.30 bits per heavy atom. The molecular formula is C22H29FO4. The maximum absolute atomic E-state index is 16.9. The highest BCUT2D eigenvalue weighted by Gasteiger charge is 2.74. The fourth-order valence-corrected chi connectivity index (χ4v) is 7.18. The topological polar surface area (TPSA) is 74.6 Å². The third-order valence-corrected chi connectivity index (χ3v) is 8.70. The highest BCUT2D eigenvalue weighted by molar-refractivity contribution is 6.01. The highest BCUT2D eigenvalue weighted by Crippen LogP contribution is 2.70. The summed E-state index contributed by atoms with van der Waals surface area (Å²) in [4.78, 5) is 24.2. The number of alkyl halides is 1. The molecule has 0 saturated heterocycles. The van der Waals surface area contributed by atoms with Gasteiger partial charge < -0.3 is 10.2 Å². The summed E-state index contributed by atoms with van der Waals surface area (Å²) in [6.07, 6.45) is 4.68. The van der Waals surface area contributed by atoms with E-state index >= 15 is 4.39 Å². The number of fused-ring (bicyclic) bond motifs is 5. The van der Waals surface area contributed by atoms with Crippen LogP contribution in [0.5, 0.6) is 0 Å². The SMILES string of the molecule is CC(=O)[C@]1(O)CC[C@@H]2[C@H]3C[C@H](C)C4=CC(=O)C=C[C@]4(C)[C@]3(F)[C@@H](O)C[C@]21C. The van der Waals surface area contributed by atoms with E-state index in [1.165, 1.54) is 19.1 Å². The third-order valence-electron chi connectivity index (χ3n) is 8.70. The lowest BCUT2D eigenvalue weighted by Crippen LogP contribution is -2.69. The quantitative estimate of drug-likeness (QED) is 0.738. The number of ketones is 2. The Morgan fingerprint density at radius 3 is 2.59 bits per heavy atom. The maximum Gasteiger partial charge on any atom is 0.178 e. The van der Waals surface area contributed by atoms with Crippen molar-refractivity contribution in [3.8, 4) is 0 Å². The minimum absolute atomic E-state index is 0.00153. The van der Waals surface area contributed by atoms with Crippen LogP contribution in [0.4, 0.5) is 4.39 Å². The van der Waals surface area contributed by atoms with E-state index < -0.39 is 34.1 Å². The Balaban J connectivity index is 1.86. The summed E-state index contributed by atoms with van der Waals surface area (Å²) in [6, 6.07) is 0. The van der Waals surface area contributed by atoms with E-state index in [1.54, 1.807) is 13.0 Å². The molecule has 2 N–H and O–H groups in total. The number of aliphatic hydroxyl groups excluding tert-OH is 1. The van der Waals surface area contributed by atoms with Crippen molar-refractivity contribution in [1.29, 1.82) is 0 Å². The molecule has 0 aliphatic heterocycles. The number of aliphatic hydroxyl groups is 2. The van der Waals surface area contributed by atoms with Gasteiger partial charge >= 0.3 is 0 Å². The van der Waals surface area contributed by atoms with Gasteiger partial charge in [-0.2, -0.15) is 0 Å². The maximum atomic E-state index is 16.9. The Bertz CT molecular complexity index is 787. The number of rotatable bonds is 1. The zero-order valence-electron chi connectivity index (χ0n) is 16.5. The van der Waals surface area contributed by atoms with Crippen molar-refractivity contribution >= 4 is 11.6 Å². The molecular weight excluding hydrogens is 347 g/mol. The van der Waals surface area contributed by atoms with Gasteiger partial charge in [0.2, 0.25) is 0 Å². The second kappa shape index (κ2) is 5.38. The molecule has 5 heteroatoms. The Kier molecular flexibility index (Phi) is 3.79. The average molecular weight is 376 g/mol. The number of halogens is 1. The average Bonchev–Trinajstić information content (AvgIpc) is 2.85. The molecule has 4 nitrogen and oxygen atoms in total. The van der Waals surface area contributed by atoms with Crippen molar-refractivity contribution in [2.75, 3.05) is 0 Å². The lowest BCUT2D eigenvalue weighted by atomic mass is 9.43. The van der Waals surface area contributed by atoms with Crippen LogP contribution in [-0.4, -0.2) is 39.2 Å². The van der Waals surface area contributed by atoms with E-state index in [2.05, 4.69) is 0 Å². The van der Waals surface area contributed by atoms with Gasteiger partial charge in [-0.15, -0.1) is 0 Å². The van der Waals surface area contributed by atoms with Crippen molar-refractivity contribution in [1.82, 2.24) is 0 Å². The summed E-state index contributed by atoms with van der Waals surface area (Å²) < 4.78 is 16.9. The number of hydrogen-bond acceptors (Lipinski definition) is 4. The Hall–Kier alpha value is -1.33. The van der Waals surface area contributed by atoms with Crippen molar-refractivity contribution in [2.24, 2.45) is 28.6 Å². The van der Waals surface area contributed by atoms with Crippen LogP contribution in [-0.2, 0) is 9.59 Å². The van der Waals surface area contributed by atoms with Gasteiger partial charge in [0.05, 0.1) is 6.10 Å². The van der Waals surface area contributed by atoms with Gasteiger partial charge in [0.25, 0.3) is 0 Å². The minimum Gasteiger partial charge on any atom is -0.390 e. The summed E-state index contributed by atoms with van der Waals surface area (Å²) in [5.41, 5.74) is -4.59. The van der Waals surface area contributed by atoms with Gasteiger partial charge in [-0.25, -0.2) is 4.39 Å². The lowest BCUT2D eigenvalue weighted by Gasteiger charge is -2.63. The molecule has 4 aliphatic rings. The molecule has 27 heavy (non-hydrogen) atoms. The normalized spacial score (nSPS) is 54.0. The molecule has 0 amide bonds. The highest BCUT2D eigenvalue weighted by atomic mass is 19.1. The van der Waals surface area contributed by atoms with Crippen LogP contribution in [0.25, 0.3) is 0 Å². The molecule has 0 spiro atoms. The van der Waals surface area contributed by atoms with Crippen molar-refractivity contribution < 1.29 is 24.2 Å². The first-order chi connectivity index (χ1) is 12.4. The van der Waals surface area contributed by atoms with Crippen LogP contribution in [0, 0.1) is 28.6 Å². The van der Waals surface area contributed by atoms with Gasteiger partial charge in [0, 0.05) is 16.7 Å². The molecule has 0 aromatic carbocycles. The Labute approximate surface area is 159 Å². The predicted molar refractivity (Wildman–Crippen MR) is 98.5 cm³/mol. The molecule has 4 aliphatic carbocycles. The molecule has 4 rings (SSSR count). The summed E-state index contributed by atoms with van der Waals surface area (Å²) in [6.45, 7) is 7.01. The zero-order valence-corrected chi connectivity index (χ0v) is 16.5. The van der Waals surface area contributed by atoms with E-state index in [9.17, 15) is 19.8 Å². The van der Waals surface area contributed by atoms with E-state index in [0.717, 1.165) is 5.57 Å². The molecule has 148 valence electrons. The monoisotopic (exact) mass is 376 g/mol. The molecule has 0 bridgehead atoms. The largest absolute Gasteiger partial charge is 0.390 e. The van der Waals surface area contributed by atoms with Gasteiger partial charge in [0.15, 0.2) is 17.2 Å². The summed E-state index contributed by atoms with van der Waals surface area (Å²) in [7, 11) is 0. The van der Waals surface area contributed by atoms with Crippen LogP contribution in [0.1, 0.15) is 53.4 Å². The number of Topliss-reactive ketones (excluding diaryl/α,β-unsaturated/α-hetero) is 1. The summed E-state index contributed by atoms with van der Waals surface area (Å²) >= 11 is 0. The van der Waals surface area contributed by atoms with Gasteiger partial charge in [-0.1, -0.05) is 25.5 Å².